The Hall–Kier alpha value is -0.850. The number of benzene rings is 1. The van der Waals surface area contributed by atoms with Crippen molar-refractivity contribution in [2.75, 3.05) is 6.67 Å². The van der Waals surface area contributed by atoms with E-state index in [1.54, 1.807) is 5.56 Å². The third-order valence-corrected chi connectivity index (χ3v) is 9.95. The Morgan fingerprint density at radius 1 is 0.594 bits per heavy atom. The summed E-state index contributed by atoms with van der Waals surface area (Å²) in [7, 11) is 0. The molecule has 3 fully saturated rings. The van der Waals surface area contributed by atoms with E-state index < -0.39 is 0 Å². The van der Waals surface area contributed by atoms with Crippen LogP contribution in [0.25, 0.3) is 0 Å². The molecular weight excluding hydrogens is 391 g/mol. The lowest BCUT2D eigenvalue weighted by atomic mass is 9.64. The summed E-state index contributed by atoms with van der Waals surface area (Å²) in [4.78, 5) is 0. The second-order valence-electron chi connectivity index (χ2n) is 11.8. The van der Waals surface area contributed by atoms with E-state index in [4.69, 9.17) is 0 Å². The first-order chi connectivity index (χ1) is 15.7. The van der Waals surface area contributed by atoms with Crippen LogP contribution in [-0.2, 0) is 12.8 Å². The lowest BCUT2D eigenvalue weighted by molar-refractivity contribution is 0.102. The van der Waals surface area contributed by atoms with Crippen molar-refractivity contribution in [2.45, 2.75) is 116 Å². The Kier molecular flexibility index (Phi) is 9.54. The van der Waals surface area contributed by atoms with Crippen molar-refractivity contribution in [3.8, 4) is 0 Å². The van der Waals surface area contributed by atoms with Crippen LogP contribution in [0.5, 0.6) is 0 Å². The van der Waals surface area contributed by atoms with Crippen LogP contribution in [0.15, 0.2) is 24.3 Å². The van der Waals surface area contributed by atoms with Gasteiger partial charge in [-0.1, -0.05) is 56.9 Å². The van der Waals surface area contributed by atoms with Crippen molar-refractivity contribution in [2.24, 2.45) is 35.5 Å². The predicted octanol–water partition coefficient (Wildman–Crippen LogP) is 9.35. The maximum absolute atomic E-state index is 12.5. The second-order valence-corrected chi connectivity index (χ2v) is 11.8. The van der Waals surface area contributed by atoms with Gasteiger partial charge >= 0.3 is 0 Å². The lowest BCUT2D eigenvalue weighted by Gasteiger charge is -2.41. The molecule has 0 aromatic heterocycles. The average molecular weight is 441 g/mol. The van der Waals surface area contributed by atoms with E-state index in [0.717, 1.165) is 54.8 Å². The van der Waals surface area contributed by atoms with Crippen LogP contribution in [0.1, 0.15) is 114 Å². The summed E-state index contributed by atoms with van der Waals surface area (Å²) in [6, 6.07) is 9.36. The maximum atomic E-state index is 12.5. The molecule has 3 aliphatic carbocycles. The van der Waals surface area contributed by atoms with Gasteiger partial charge in [-0.15, -0.1) is 0 Å². The molecule has 3 saturated carbocycles. The highest BCUT2D eigenvalue weighted by molar-refractivity contribution is 5.22. The van der Waals surface area contributed by atoms with E-state index >= 15 is 0 Å². The van der Waals surface area contributed by atoms with Gasteiger partial charge in [-0.25, -0.2) is 0 Å². The first kappa shape index (κ1) is 24.3. The smallest absolute Gasteiger partial charge is 0.0894 e. The van der Waals surface area contributed by atoms with Gasteiger partial charge in [-0.3, -0.25) is 4.39 Å². The van der Waals surface area contributed by atoms with E-state index in [-0.39, 0.29) is 6.67 Å². The SMILES string of the molecule is CCc1ccc(CCC2CCC(C3CCC(C4CCC(CCCF)CC4)CC3)CC2)cc1. The van der Waals surface area contributed by atoms with Gasteiger partial charge in [0.2, 0.25) is 0 Å². The van der Waals surface area contributed by atoms with Crippen molar-refractivity contribution in [1.82, 2.24) is 0 Å². The summed E-state index contributed by atoms with van der Waals surface area (Å²) in [6.45, 7) is 2.13. The summed E-state index contributed by atoms with van der Waals surface area (Å²) in [5.41, 5.74) is 3.00. The highest BCUT2D eigenvalue weighted by Gasteiger charge is 2.34. The molecule has 4 rings (SSSR count). The van der Waals surface area contributed by atoms with E-state index in [1.165, 1.54) is 95.5 Å². The predicted molar refractivity (Wildman–Crippen MR) is 136 cm³/mol. The molecule has 1 aromatic rings. The minimum atomic E-state index is -0.112. The van der Waals surface area contributed by atoms with E-state index in [2.05, 4.69) is 31.2 Å². The number of hydrogen-bond donors (Lipinski definition) is 0. The Balaban J connectivity index is 1.11. The molecule has 1 heteroatoms. The Bertz CT molecular complexity index is 625. The zero-order valence-corrected chi connectivity index (χ0v) is 20.9. The number of alkyl halides is 1. The molecule has 0 N–H and O–H groups in total. The van der Waals surface area contributed by atoms with Crippen molar-refractivity contribution in [3.05, 3.63) is 35.4 Å². The lowest BCUT2D eigenvalue weighted by Crippen LogP contribution is -2.29. The van der Waals surface area contributed by atoms with E-state index in [9.17, 15) is 4.39 Å². The van der Waals surface area contributed by atoms with Gasteiger partial charge in [-0.05, 0) is 130 Å². The molecule has 0 unspecified atom stereocenters. The van der Waals surface area contributed by atoms with Gasteiger partial charge in [0.1, 0.15) is 0 Å². The fourth-order valence-electron chi connectivity index (χ4n) is 7.66. The Morgan fingerprint density at radius 3 is 1.44 bits per heavy atom. The minimum Gasteiger partial charge on any atom is -0.251 e. The number of hydrogen-bond acceptors (Lipinski definition) is 0. The molecule has 1 aromatic carbocycles. The van der Waals surface area contributed by atoms with Crippen molar-refractivity contribution >= 4 is 0 Å². The second kappa shape index (κ2) is 12.6. The third-order valence-electron chi connectivity index (χ3n) is 9.95. The molecule has 0 bridgehead atoms. The first-order valence-corrected chi connectivity index (χ1v) is 14.4. The summed E-state index contributed by atoms with van der Waals surface area (Å²) in [5.74, 6) is 5.90. The van der Waals surface area contributed by atoms with Gasteiger partial charge in [0, 0.05) is 0 Å². The molecule has 0 radical (unpaired) electrons. The van der Waals surface area contributed by atoms with Crippen molar-refractivity contribution in [3.63, 3.8) is 0 Å². The van der Waals surface area contributed by atoms with Crippen molar-refractivity contribution in [1.29, 1.82) is 0 Å². The molecule has 32 heavy (non-hydrogen) atoms. The van der Waals surface area contributed by atoms with Gasteiger partial charge in [0.05, 0.1) is 6.67 Å². The van der Waals surface area contributed by atoms with Crippen LogP contribution in [-0.4, -0.2) is 6.67 Å². The average Bonchev–Trinajstić information content (AvgIpc) is 2.87. The quantitative estimate of drug-likeness (QED) is 0.359. The normalized spacial score (nSPS) is 33.8. The summed E-state index contributed by atoms with van der Waals surface area (Å²) >= 11 is 0. The largest absolute Gasteiger partial charge is 0.251 e. The molecule has 0 nitrogen and oxygen atoms in total. The number of rotatable bonds is 9. The molecule has 0 spiro atoms. The van der Waals surface area contributed by atoms with Gasteiger partial charge in [0.15, 0.2) is 0 Å². The Morgan fingerprint density at radius 2 is 1.00 bits per heavy atom. The topological polar surface area (TPSA) is 0 Å². The third kappa shape index (κ3) is 6.83. The highest BCUT2D eigenvalue weighted by atomic mass is 19.1. The highest BCUT2D eigenvalue weighted by Crippen LogP contribution is 2.46. The molecule has 3 aliphatic rings. The fraction of sp³-hybridized carbons (Fsp3) is 0.806. The standard InChI is InChI=1S/C31H49F/c1-2-24-5-7-26(8-6-24)9-10-27-13-17-29(18-14-27)31-21-19-30(20-22-31)28-15-11-25(12-16-28)4-3-23-32/h5-8,25,27-31H,2-4,9-23H2,1H3. The molecule has 0 heterocycles. The zero-order valence-electron chi connectivity index (χ0n) is 20.9. The monoisotopic (exact) mass is 440 g/mol. The van der Waals surface area contributed by atoms with Crippen LogP contribution in [0.4, 0.5) is 4.39 Å². The maximum Gasteiger partial charge on any atom is 0.0894 e. The number of aryl methyl sites for hydroxylation is 2. The molecule has 0 amide bonds. The van der Waals surface area contributed by atoms with Gasteiger partial charge in [-0.2, -0.15) is 0 Å². The van der Waals surface area contributed by atoms with Gasteiger partial charge in [0.25, 0.3) is 0 Å². The van der Waals surface area contributed by atoms with Gasteiger partial charge < -0.3 is 0 Å². The zero-order chi connectivity index (χ0) is 22.2. The van der Waals surface area contributed by atoms with Crippen LogP contribution in [0.2, 0.25) is 0 Å². The van der Waals surface area contributed by atoms with Crippen LogP contribution in [0, 0.1) is 35.5 Å². The minimum absolute atomic E-state index is 0.112. The Labute approximate surface area is 198 Å². The molecule has 180 valence electrons. The molecule has 0 aliphatic heterocycles. The summed E-state index contributed by atoms with van der Waals surface area (Å²) < 4.78 is 12.5. The number of halogens is 1. The van der Waals surface area contributed by atoms with Crippen molar-refractivity contribution < 1.29 is 4.39 Å². The fourth-order valence-corrected chi connectivity index (χ4v) is 7.66. The van der Waals surface area contributed by atoms with Crippen LogP contribution in [0.3, 0.4) is 0 Å². The van der Waals surface area contributed by atoms with E-state index in [1.807, 2.05) is 0 Å². The molecule has 0 saturated heterocycles. The van der Waals surface area contributed by atoms with Crippen LogP contribution < -0.4 is 0 Å². The first-order valence-electron chi connectivity index (χ1n) is 14.4. The summed E-state index contributed by atoms with van der Waals surface area (Å²) in [6.07, 6.45) is 23.5. The molecular formula is C31H49F. The summed E-state index contributed by atoms with van der Waals surface area (Å²) in [5, 5.41) is 0. The molecule has 0 atom stereocenters. The van der Waals surface area contributed by atoms with E-state index in [0.29, 0.717) is 0 Å². The van der Waals surface area contributed by atoms with Crippen LogP contribution >= 0.6 is 0 Å².